The topological polar surface area (TPSA) is 225 Å². The number of aromatic amines is 1. The van der Waals surface area contributed by atoms with Crippen molar-refractivity contribution in [1.82, 2.24) is 45.9 Å². The van der Waals surface area contributed by atoms with E-state index in [1.807, 2.05) is 77.4 Å². The Hall–Kier alpha value is -6.32. The number of pyridine rings is 1. The maximum absolute atomic E-state index is 14.1. The van der Waals surface area contributed by atoms with Gasteiger partial charge in [0.05, 0.1) is 28.7 Å². The summed E-state index contributed by atoms with van der Waals surface area (Å²) < 4.78 is 5.73. The molecule has 18 nitrogen and oxygen atoms in total. The van der Waals surface area contributed by atoms with E-state index in [2.05, 4.69) is 96.2 Å². The highest BCUT2D eigenvalue weighted by Gasteiger charge is 2.44. The summed E-state index contributed by atoms with van der Waals surface area (Å²) in [5, 5.41) is 34.6. The van der Waals surface area contributed by atoms with Gasteiger partial charge in [0.1, 0.15) is 18.3 Å². The van der Waals surface area contributed by atoms with E-state index in [4.69, 9.17) is 4.74 Å². The number of piperazine rings is 1. The third kappa shape index (κ3) is 16.7. The van der Waals surface area contributed by atoms with Gasteiger partial charge < -0.3 is 45.7 Å². The van der Waals surface area contributed by atoms with E-state index in [9.17, 15) is 34.2 Å². The number of hydrogen-bond acceptors (Lipinski definition) is 14. The maximum Gasteiger partial charge on any atom is 0.252 e. The van der Waals surface area contributed by atoms with Crippen molar-refractivity contribution < 1.29 is 34.1 Å². The Kier molecular flexibility index (Phi) is 21.9. The molecule has 0 bridgehead atoms. The molecule has 5 heterocycles. The fourth-order valence-electron chi connectivity index (χ4n) is 11.8. The molecule has 4 amide bonds. The third-order valence-corrected chi connectivity index (χ3v) is 17.6. The number of ether oxygens (including phenoxy) is 1. The number of benzene rings is 3. The quantitative estimate of drug-likeness (QED) is 0.0250. The first-order valence-electron chi connectivity index (χ1n) is 29.7. The highest BCUT2D eigenvalue weighted by molar-refractivity contribution is 7.13. The van der Waals surface area contributed by atoms with Crippen molar-refractivity contribution in [3.63, 3.8) is 0 Å². The zero-order valence-electron chi connectivity index (χ0n) is 49.9. The Labute approximate surface area is 493 Å². The van der Waals surface area contributed by atoms with Crippen molar-refractivity contribution in [3.8, 4) is 21.6 Å². The second-order valence-corrected chi connectivity index (χ2v) is 24.8. The molecule has 3 fully saturated rings. The van der Waals surface area contributed by atoms with E-state index >= 15 is 0 Å². The molecule has 2 aromatic heterocycles. The molecule has 7 N–H and O–H groups in total. The van der Waals surface area contributed by atoms with E-state index in [-0.39, 0.29) is 55.8 Å². The van der Waals surface area contributed by atoms with Crippen LogP contribution in [0.15, 0.2) is 77.0 Å². The summed E-state index contributed by atoms with van der Waals surface area (Å²) in [4.78, 5) is 83.6. The third-order valence-electron chi connectivity index (χ3n) is 16.6. The van der Waals surface area contributed by atoms with Crippen molar-refractivity contribution >= 4 is 40.7 Å². The fraction of sp³-hybridized carbons (Fsp3) is 0.531. The predicted molar refractivity (Wildman–Crippen MR) is 327 cm³/mol. The number of nitrogens with zero attached hydrogens (tertiary/aromatic N) is 5. The Morgan fingerprint density at radius 2 is 1.53 bits per heavy atom. The summed E-state index contributed by atoms with van der Waals surface area (Å²) in [6.07, 6.45) is 2.35. The lowest BCUT2D eigenvalue weighted by Gasteiger charge is -2.37. The summed E-state index contributed by atoms with van der Waals surface area (Å²) in [6.45, 7) is 23.2. The average Bonchev–Trinajstić information content (AvgIpc) is 4.22. The van der Waals surface area contributed by atoms with Crippen LogP contribution in [-0.2, 0) is 43.5 Å². The molecule has 3 saturated heterocycles. The molecule has 448 valence electrons. The Morgan fingerprint density at radius 3 is 2.19 bits per heavy atom. The molecule has 3 aliphatic rings. The molecule has 0 aliphatic carbocycles. The minimum absolute atomic E-state index is 0.00525. The van der Waals surface area contributed by atoms with Crippen LogP contribution >= 0.6 is 11.3 Å². The minimum atomic E-state index is -1.00. The lowest BCUT2D eigenvalue weighted by atomic mass is 9.85. The van der Waals surface area contributed by atoms with Crippen LogP contribution in [0.1, 0.15) is 124 Å². The minimum Gasteiger partial charge on any atom is -0.391 e. The number of aliphatic hydroxyl groups is 2. The second-order valence-electron chi connectivity index (χ2n) is 23.9. The Morgan fingerprint density at radius 1 is 0.843 bits per heavy atom. The SMILES string of the molecule is CCN(c1cc(-c2ccc(CN3CCN(CC(=O)NCCCCCC(=O)NC(C(=O)N4C[C@H](O)C[C@H]4C(=O)NCc4ccc(-c5scnc5C)cc4)C(C)(C)C)CC3)cc2)cc(C(O)NCc2c(C)cc(C)[nH]c2=O)c1C)C1CCOCC1. The van der Waals surface area contributed by atoms with Crippen molar-refractivity contribution in [2.75, 3.05) is 70.5 Å². The summed E-state index contributed by atoms with van der Waals surface area (Å²) in [5.74, 6) is -1.03. The lowest BCUT2D eigenvalue weighted by Crippen LogP contribution is -2.57. The number of H-pyrrole nitrogens is 1. The number of rotatable bonds is 24. The van der Waals surface area contributed by atoms with Crippen LogP contribution in [-0.4, -0.2) is 148 Å². The van der Waals surface area contributed by atoms with Gasteiger partial charge in [-0.25, -0.2) is 4.98 Å². The molecule has 2 unspecified atom stereocenters. The van der Waals surface area contributed by atoms with Gasteiger partial charge in [-0.3, -0.25) is 39.1 Å². The molecule has 4 atom stereocenters. The van der Waals surface area contributed by atoms with Gasteiger partial charge in [-0.05, 0) is 123 Å². The van der Waals surface area contributed by atoms with Crippen LogP contribution in [0.5, 0.6) is 0 Å². The van der Waals surface area contributed by atoms with Crippen molar-refractivity contribution in [2.45, 2.75) is 150 Å². The predicted octanol–water partition coefficient (Wildman–Crippen LogP) is 6.79. The zero-order valence-corrected chi connectivity index (χ0v) is 50.8. The van der Waals surface area contributed by atoms with Gasteiger partial charge in [-0.2, -0.15) is 0 Å². The largest absolute Gasteiger partial charge is 0.391 e. The van der Waals surface area contributed by atoms with Crippen LogP contribution in [0.4, 0.5) is 5.69 Å². The van der Waals surface area contributed by atoms with Crippen LogP contribution < -0.4 is 31.7 Å². The highest BCUT2D eigenvalue weighted by Crippen LogP contribution is 2.36. The van der Waals surface area contributed by atoms with Crippen LogP contribution in [0, 0.1) is 33.1 Å². The first kappa shape index (κ1) is 62.7. The first-order chi connectivity index (χ1) is 39.8. The summed E-state index contributed by atoms with van der Waals surface area (Å²) >= 11 is 1.58. The second kappa shape index (κ2) is 29.0. The van der Waals surface area contributed by atoms with Gasteiger partial charge in [-0.15, -0.1) is 11.3 Å². The number of thiazole rings is 1. The van der Waals surface area contributed by atoms with E-state index in [0.717, 1.165) is 133 Å². The molecule has 19 heteroatoms. The number of aliphatic hydroxyl groups excluding tert-OH is 2. The number of hydrogen-bond donors (Lipinski definition) is 7. The van der Waals surface area contributed by atoms with Crippen LogP contribution in [0.2, 0.25) is 0 Å². The lowest BCUT2D eigenvalue weighted by molar-refractivity contribution is -0.144. The number of nitrogens with one attached hydrogen (secondary N) is 5. The molecule has 0 saturated carbocycles. The van der Waals surface area contributed by atoms with Crippen LogP contribution in [0.3, 0.4) is 0 Å². The summed E-state index contributed by atoms with van der Waals surface area (Å²) in [6, 6.07) is 21.4. The zero-order chi connectivity index (χ0) is 59.4. The molecule has 3 aromatic carbocycles. The number of carbonyl (C=O) groups is 4. The van der Waals surface area contributed by atoms with E-state index in [0.29, 0.717) is 37.5 Å². The molecule has 5 aromatic rings. The number of carbonyl (C=O) groups excluding carboxylic acids is 4. The average molecular weight is 1160 g/mol. The Bertz CT molecular complexity index is 3050. The standard InChI is InChI=1S/C64H88N10O8S/c1-9-73(50-22-29-82-30-23-50)54-33-49(32-52(43(54)4)60(78)67-36-53-41(2)31-42(3)69-61(53)79)47-18-16-46(17-19-47)37-71-25-27-72(28-26-71)39-57(77)65-24-12-10-11-13-56(76)70-59(64(6,7)8)63(81)74-38-51(75)34-55(74)62(80)66-35-45-14-20-48(21-15-45)58-44(5)68-40-83-58/h14-21,31-33,40,50-51,55,59-60,67,75,78H,9-13,22-30,34-39H2,1-8H3,(H,65,77)(H,66,80)(H,69,79)(H,70,76)/t51-,55+,59?,60?/m1/s1. The maximum atomic E-state index is 14.1. The van der Waals surface area contributed by atoms with E-state index in [1.165, 1.54) is 10.5 Å². The van der Waals surface area contributed by atoms with E-state index < -0.39 is 35.7 Å². The molecular weight excluding hydrogens is 1070 g/mol. The smallest absolute Gasteiger partial charge is 0.252 e. The number of likely N-dealkylation sites (tertiary alicyclic amines) is 1. The Balaban J connectivity index is 0.753. The highest BCUT2D eigenvalue weighted by atomic mass is 32.1. The van der Waals surface area contributed by atoms with Gasteiger partial charge in [0.25, 0.3) is 5.56 Å². The summed E-state index contributed by atoms with van der Waals surface area (Å²) in [7, 11) is 0. The molecule has 83 heavy (non-hydrogen) atoms. The van der Waals surface area contributed by atoms with Gasteiger partial charge in [0, 0.05) is 120 Å². The van der Waals surface area contributed by atoms with Gasteiger partial charge in [0.15, 0.2) is 0 Å². The molecule has 3 aliphatic heterocycles. The van der Waals surface area contributed by atoms with Crippen molar-refractivity contribution in [1.29, 1.82) is 0 Å². The number of unbranched alkanes of at least 4 members (excludes halogenated alkanes) is 2. The monoisotopic (exact) mass is 1160 g/mol. The molecule has 0 spiro atoms. The van der Waals surface area contributed by atoms with Gasteiger partial charge in [0.2, 0.25) is 23.6 Å². The number of β-amino-alcohol motifs (C(OH)–C–C–N with tert-alkyl or cyclic N) is 1. The van der Waals surface area contributed by atoms with Crippen molar-refractivity contribution in [3.05, 3.63) is 127 Å². The molecular formula is C64H88N10O8S. The van der Waals surface area contributed by atoms with Crippen LogP contribution in [0.25, 0.3) is 21.6 Å². The first-order valence-corrected chi connectivity index (χ1v) is 30.6. The summed E-state index contributed by atoms with van der Waals surface area (Å²) in [5.41, 5.74) is 12.3. The van der Waals surface area contributed by atoms with Gasteiger partial charge in [-0.1, -0.05) is 75.7 Å². The van der Waals surface area contributed by atoms with Crippen molar-refractivity contribution in [2.24, 2.45) is 5.41 Å². The number of anilines is 1. The number of aromatic nitrogens is 2. The van der Waals surface area contributed by atoms with Gasteiger partial charge >= 0.3 is 0 Å². The number of amides is 4. The number of aryl methyl sites for hydroxylation is 3. The fourth-order valence-corrected chi connectivity index (χ4v) is 12.6. The molecule has 0 radical (unpaired) electrons. The normalized spacial score (nSPS) is 18.0. The molecule has 8 rings (SSSR count). The van der Waals surface area contributed by atoms with E-state index in [1.54, 1.807) is 11.3 Å².